The monoisotopic (exact) mass is 476 g/mol. The largest absolute Gasteiger partial charge is 0.483 e. The third-order valence-electron chi connectivity index (χ3n) is 6.43. The van der Waals surface area contributed by atoms with Crippen molar-refractivity contribution < 1.29 is 18.7 Å². The number of carbonyl (C=O) groups is 1. The number of ether oxygens (including phenoxy) is 2. The summed E-state index contributed by atoms with van der Waals surface area (Å²) < 4.78 is 25.0. The molecule has 0 saturated carbocycles. The standard InChI is InChI=1S/C29H33FN2O3/c1-22-17-32(23(2)16-31(22)18-24-12-14-27(30)15-13-24)29(33)21-35-28-11-7-6-10-26(28)20-34-19-25-8-4-3-5-9-25/h3-15,22-23H,16-21H2,1-2H3/t22-,23+/m1/s1. The fourth-order valence-corrected chi connectivity index (χ4v) is 4.43. The van der Waals surface area contributed by atoms with Crippen LogP contribution < -0.4 is 4.74 Å². The molecule has 1 aliphatic heterocycles. The minimum Gasteiger partial charge on any atom is -0.483 e. The number of para-hydroxylation sites is 1. The molecular formula is C29H33FN2O3. The van der Waals surface area contributed by atoms with E-state index >= 15 is 0 Å². The molecular weight excluding hydrogens is 443 g/mol. The number of rotatable bonds is 9. The van der Waals surface area contributed by atoms with Gasteiger partial charge in [0.15, 0.2) is 6.61 Å². The average Bonchev–Trinajstić information content (AvgIpc) is 2.87. The van der Waals surface area contributed by atoms with Gasteiger partial charge in [0.1, 0.15) is 11.6 Å². The van der Waals surface area contributed by atoms with E-state index in [1.54, 1.807) is 0 Å². The smallest absolute Gasteiger partial charge is 0.260 e. The van der Waals surface area contributed by atoms with Crippen molar-refractivity contribution in [2.24, 2.45) is 0 Å². The third-order valence-corrected chi connectivity index (χ3v) is 6.43. The van der Waals surface area contributed by atoms with Crippen LogP contribution in [0, 0.1) is 5.82 Å². The van der Waals surface area contributed by atoms with E-state index in [1.807, 2.05) is 71.6 Å². The molecule has 0 N–H and O–H groups in total. The zero-order valence-corrected chi connectivity index (χ0v) is 20.4. The van der Waals surface area contributed by atoms with Gasteiger partial charge in [-0.1, -0.05) is 60.7 Å². The van der Waals surface area contributed by atoms with E-state index < -0.39 is 0 Å². The molecule has 184 valence electrons. The second-order valence-electron chi connectivity index (χ2n) is 9.17. The highest BCUT2D eigenvalue weighted by Crippen LogP contribution is 2.22. The van der Waals surface area contributed by atoms with Crippen LogP contribution in [0.15, 0.2) is 78.9 Å². The second kappa shape index (κ2) is 12.0. The summed E-state index contributed by atoms with van der Waals surface area (Å²) in [5, 5.41) is 0. The molecule has 0 aliphatic carbocycles. The Bertz CT molecular complexity index is 1090. The Balaban J connectivity index is 1.29. The van der Waals surface area contributed by atoms with Gasteiger partial charge in [0.2, 0.25) is 0 Å². The lowest BCUT2D eigenvalue weighted by atomic mass is 10.1. The molecule has 2 atom stereocenters. The highest BCUT2D eigenvalue weighted by atomic mass is 19.1. The molecule has 1 heterocycles. The van der Waals surface area contributed by atoms with Gasteiger partial charge in [0.25, 0.3) is 5.91 Å². The summed E-state index contributed by atoms with van der Waals surface area (Å²) in [5.41, 5.74) is 3.10. The fourth-order valence-electron chi connectivity index (χ4n) is 4.43. The van der Waals surface area contributed by atoms with E-state index in [-0.39, 0.29) is 30.4 Å². The van der Waals surface area contributed by atoms with Crippen molar-refractivity contribution in [3.8, 4) is 5.75 Å². The van der Waals surface area contributed by atoms with Gasteiger partial charge in [0.05, 0.1) is 13.2 Å². The molecule has 1 saturated heterocycles. The van der Waals surface area contributed by atoms with E-state index in [0.29, 0.717) is 25.5 Å². The zero-order valence-electron chi connectivity index (χ0n) is 20.4. The van der Waals surface area contributed by atoms with Gasteiger partial charge in [-0.2, -0.15) is 0 Å². The van der Waals surface area contributed by atoms with E-state index in [0.717, 1.165) is 29.8 Å². The van der Waals surface area contributed by atoms with E-state index in [9.17, 15) is 9.18 Å². The fraction of sp³-hybridized carbons (Fsp3) is 0.345. The van der Waals surface area contributed by atoms with Gasteiger partial charge in [0, 0.05) is 37.3 Å². The molecule has 1 aliphatic rings. The lowest BCUT2D eigenvalue weighted by Gasteiger charge is -2.44. The van der Waals surface area contributed by atoms with Crippen LogP contribution in [0.1, 0.15) is 30.5 Å². The summed E-state index contributed by atoms with van der Waals surface area (Å²) in [7, 11) is 0. The number of carbonyl (C=O) groups excluding carboxylic acids is 1. The lowest BCUT2D eigenvalue weighted by molar-refractivity contribution is -0.139. The number of amides is 1. The summed E-state index contributed by atoms with van der Waals surface area (Å²) in [6, 6.07) is 24.6. The maximum atomic E-state index is 13.2. The molecule has 0 radical (unpaired) electrons. The van der Waals surface area contributed by atoms with Crippen LogP contribution in [-0.2, 0) is 29.3 Å². The van der Waals surface area contributed by atoms with Crippen molar-refractivity contribution >= 4 is 5.91 Å². The average molecular weight is 477 g/mol. The molecule has 1 amide bonds. The Labute approximate surface area is 207 Å². The summed E-state index contributed by atoms with van der Waals surface area (Å²) >= 11 is 0. The van der Waals surface area contributed by atoms with E-state index in [1.165, 1.54) is 12.1 Å². The van der Waals surface area contributed by atoms with E-state index in [2.05, 4.69) is 18.7 Å². The minimum absolute atomic E-state index is 0.00921. The minimum atomic E-state index is -0.227. The van der Waals surface area contributed by atoms with Crippen LogP contribution in [0.2, 0.25) is 0 Å². The van der Waals surface area contributed by atoms with Crippen LogP contribution in [0.4, 0.5) is 4.39 Å². The Morgan fingerprint density at radius 1 is 0.857 bits per heavy atom. The van der Waals surface area contributed by atoms with Crippen LogP contribution in [0.3, 0.4) is 0 Å². The lowest BCUT2D eigenvalue weighted by Crippen LogP contribution is -2.58. The van der Waals surface area contributed by atoms with Crippen molar-refractivity contribution in [2.45, 2.75) is 45.7 Å². The van der Waals surface area contributed by atoms with Crippen LogP contribution in [0.5, 0.6) is 5.75 Å². The molecule has 5 nitrogen and oxygen atoms in total. The topological polar surface area (TPSA) is 42.0 Å². The van der Waals surface area contributed by atoms with Gasteiger partial charge < -0.3 is 14.4 Å². The molecule has 3 aromatic rings. The zero-order chi connectivity index (χ0) is 24.6. The van der Waals surface area contributed by atoms with Crippen molar-refractivity contribution in [1.29, 1.82) is 0 Å². The SMILES string of the molecule is C[C@@H]1CN(C(=O)COc2ccccc2COCc2ccccc2)[C@@H](C)CN1Cc1ccc(F)cc1. The molecule has 3 aromatic carbocycles. The molecule has 0 spiro atoms. The molecule has 4 rings (SSSR count). The van der Waals surface area contributed by atoms with Crippen molar-refractivity contribution in [3.63, 3.8) is 0 Å². The maximum absolute atomic E-state index is 13.2. The summed E-state index contributed by atoms with van der Waals surface area (Å²) in [4.78, 5) is 17.3. The Hall–Kier alpha value is -3.22. The predicted molar refractivity (Wildman–Crippen MR) is 134 cm³/mol. The maximum Gasteiger partial charge on any atom is 0.260 e. The van der Waals surface area contributed by atoms with Crippen LogP contribution in [0.25, 0.3) is 0 Å². The molecule has 0 aromatic heterocycles. The number of piperazine rings is 1. The predicted octanol–water partition coefficient (Wildman–Crippen LogP) is 5.04. The van der Waals surface area contributed by atoms with Crippen molar-refractivity contribution in [1.82, 2.24) is 9.80 Å². The quantitative estimate of drug-likeness (QED) is 0.434. The molecule has 0 bridgehead atoms. The van der Waals surface area contributed by atoms with Crippen LogP contribution in [-0.4, -0.2) is 47.5 Å². The van der Waals surface area contributed by atoms with Gasteiger partial charge in [-0.25, -0.2) is 4.39 Å². The number of benzene rings is 3. The molecule has 1 fully saturated rings. The van der Waals surface area contributed by atoms with Gasteiger partial charge >= 0.3 is 0 Å². The number of halogens is 1. The number of hydrogen-bond acceptors (Lipinski definition) is 4. The van der Waals surface area contributed by atoms with Gasteiger partial charge in [-0.3, -0.25) is 9.69 Å². The van der Waals surface area contributed by atoms with Gasteiger partial charge in [-0.05, 0) is 43.2 Å². The number of hydrogen-bond donors (Lipinski definition) is 0. The van der Waals surface area contributed by atoms with E-state index in [4.69, 9.17) is 9.47 Å². The van der Waals surface area contributed by atoms with Gasteiger partial charge in [-0.15, -0.1) is 0 Å². The Kier molecular flexibility index (Phi) is 8.50. The Morgan fingerprint density at radius 3 is 2.34 bits per heavy atom. The first-order valence-electron chi connectivity index (χ1n) is 12.1. The Morgan fingerprint density at radius 2 is 1.57 bits per heavy atom. The first-order chi connectivity index (χ1) is 17.0. The third kappa shape index (κ3) is 6.90. The first-order valence-corrected chi connectivity index (χ1v) is 12.1. The van der Waals surface area contributed by atoms with Crippen molar-refractivity contribution in [2.75, 3.05) is 19.7 Å². The molecule has 6 heteroatoms. The summed E-state index contributed by atoms with van der Waals surface area (Å²) in [6.07, 6.45) is 0. The normalized spacial score (nSPS) is 18.4. The van der Waals surface area contributed by atoms with Crippen molar-refractivity contribution in [3.05, 3.63) is 101 Å². The highest BCUT2D eigenvalue weighted by molar-refractivity contribution is 5.78. The van der Waals surface area contributed by atoms with Crippen LogP contribution >= 0.6 is 0 Å². The second-order valence-corrected chi connectivity index (χ2v) is 9.17. The highest BCUT2D eigenvalue weighted by Gasteiger charge is 2.32. The molecule has 35 heavy (non-hydrogen) atoms. The molecule has 0 unspecified atom stereocenters. The number of nitrogens with zero attached hydrogens (tertiary/aromatic N) is 2. The first kappa shape index (κ1) is 24.9. The summed E-state index contributed by atoms with van der Waals surface area (Å²) in [6.45, 7) is 7.23. The summed E-state index contributed by atoms with van der Waals surface area (Å²) in [5.74, 6) is 0.422.